The fraction of sp³-hybridized carbons (Fsp3) is 0.375. The predicted octanol–water partition coefficient (Wildman–Crippen LogP) is 2.28. The Labute approximate surface area is 141 Å². The molecule has 1 aliphatic heterocycles. The highest BCUT2D eigenvalue weighted by Gasteiger charge is 2.38. The minimum absolute atomic E-state index is 0.0807. The quantitative estimate of drug-likeness (QED) is 0.729. The van der Waals surface area contributed by atoms with Gasteiger partial charge < -0.3 is 20.7 Å². The van der Waals surface area contributed by atoms with E-state index in [9.17, 15) is 18.0 Å². The van der Waals surface area contributed by atoms with Gasteiger partial charge in [-0.1, -0.05) is 6.07 Å². The Morgan fingerprint density at radius 2 is 2.00 bits per heavy atom. The third-order valence-electron chi connectivity index (χ3n) is 3.89. The summed E-state index contributed by atoms with van der Waals surface area (Å²) in [5.74, 6) is -2.68. The van der Waals surface area contributed by atoms with Crippen LogP contribution >= 0.6 is 0 Å². The Balaban J connectivity index is 0.000000277. The number of aromatic nitrogens is 1. The number of rotatable bonds is 1. The second-order valence-electron chi connectivity index (χ2n) is 5.83. The number of aliphatic carboxylic acids is 1. The molecular weight excluding hydrogens is 339 g/mol. The van der Waals surface area contributed by atoms with Crippen molar-refractivity contribution in [2.24, 2.45) is 5.73 Å². The number of H-pyrrole nitrogens is 1. The second kappa shape index (κ2) is 7.14. The Kier molecular flexibility index (Phi) is 5.36. The highest BCUT2D eigenvalue weighted by molar-refractivity contribution is 5.98. The predicted molar refractivity (Wildman–Crippen MR) is 85.2 cm³/mol. The van der Waals surface area contributed by atoms with Gasteiger partial charge >= 0.3 is 12.1 Å². The van der Waals surface area contributed by atoms with Gasteiger partial charge in [0.15, 0.2) is 0 Å². The number of carbonyl (C=O) groups excluding carboxylic acids is 1. The van der Waals surface area contributed by atoms with Crippen LogP contribution in [0.1, 0.15) is 22.3 Å². The van der Waals surface area contributed by atoms with Gasteiger partial charge in [-0.25, -0.2) is 4.79 Å². The fourth-order valence-corrected chi connectivity index (χ4v) is 2.56. The van der Waals surface area contributed by atoms with E-state index in [0.29, 0.717) is 6.54 Å². The van der Waals surface area contributed by atoms with Crippen LogP contribution in [0.5, 0.6) is 0 Å². The fourth-order valence-electron chi connectivity index (χ4n) is 2.56. The lowest BCUT2D eigenvalue weighted by Gasteiger charge is -2.15. The van der Waals surface area contributed by atoms with Crippen LogP contribution in [0.4, 0.5) is 13.2 Å². The maximum atomic E-state index is 12.3. The maximum absolute atomic E-state index is 12.3. The van der Waals surface area contributed by atoms with E-state index in [-0.39, 0.29) is 11.9 Å². The number of amides is 1. The molecule has 0 spiro atoms. The Morgan fingerprint density at radius 1 is 1.36 bits per heavy atom. The van der Waals surface area contributed by atoms with Crippen molar-refractivity contribution in [2.45, 2.75) is 25.6 Å². The Morgan fingerprint density at radius 3 is 2.52 bits per heavy atom. The molecule has 25 heavy (non-hydrogen) atoms. The summed E-state index contributed by atoms with van der Waals surface area (Å²) >= 11 is 0. The molecule has 136 valence electrons. The first-order chi connectivity index (χ1) is 11.6. The molecule has 0 saturated carbocycles. The van der Waals surface area contributed by atoms with Crippen LogP contribution in [0.15, 0.2) is 24.4 Å². The minimum Gasteiger partial charge on any atom is -0.475 e. The van der Waals surface area contributed by atoms with Gasteiger partial charge in [0, 0.05) is 41.8 Å². The molecule has 3 rings (SSSR count). The molecule has 0 unspecified atom stereocenters. The van der Waals surface area contributed by atoms with Gasteiger partial charge in [0.1, 0.15) is 0 Å². The molecular formula is C16H18F3N3O3. The topological polar surface area (TPSA) is 99.4 Å². The molecule has 0 radical (unpaired) electrons. The molecule has 1 saturated heterocycles. The number of likely N-dealkylation sites (tertiary alicyclic amines) is 1. The zero-order valence-electron chi connectivity index (χ0n) is 13.4. The van der Waals surface area contributed by atoms with E-state index in [4.69, 9.17) is 15.6 Å². The van der Waals surface area contributed by atoms with Crippen molar-refractivity contribution in [2.75, 3.05) is 13.1 Å². The molecule has 9 heteroatoms. The first-order valence-corrected chi connectivity index (χ1v) is 7.52. The van der Waals surface area contributed by atoms with Crippen molar-refractivity contribution in [1.82, 2.24) is 9.88 Å². The standard InChI is InChI=1S/C14H17N3O.C2HF3O2/c1-9-7-16-13-6-10(2-3-12(9)13)14(18)17-5-4-11(15)8-17;3-2(4,5)1(6)7/h2-3,6-7,11,16H,4-5,8,15H2,1H3;(H,6,7)/t11-;/m0./s1. The van der Waals surface area contributed by atoms with Crippen molar-refractivity contribution in [3.63, 3.8) is 0 Å². The molecule has 1 aromatic heterocycles. The Hall–Kier alpha value is -2.55. The van der Waals surface area contributed by atoms with Gasteiger partial charge in [0.25, 0.3) is 5.91 Å². The first-order valence-electron chi connectivity index (χ1n) is 7.52. The van der Waals surface area contributed by atoms with Crippen molar-refractivity contribution < 1.29 is 27.9 Å². The highest BCUT2D eigenvalue weighted by atomic mass is 19.4. The number of halogens is 3. The van der Waals surface area contributed by atoms with Gasteiger partial charge in [0.2, 0.25) is 0 Å². The number of nitrogens with one attached hydrogen (secondary N) is 1. The normalized spacial score (nSPS) is 17.3. The summed E-state index contributed by atoms with van der Waals surface area (Å²) in [6.45, 7) is 3.49. The van der Waals surface area contributed by atoms with E-state index in [1.54, 1.807) is 0 Å². The summed E-state index contributed by atoms with van der Waals surface area (Å²) in [6, 6.07) is 5.96. The van der Waals surface area contributed by atoms with Crippen LogP contribution in [0.2, 0.25) is 0 Å². The lowest BCUT2D eigenvalue weighted by atomic mass is 10.1. The number of carboxylic acids is 1. The molecule has 4 N–H and O–H groups in total. The summed E-state index contributed by atoms with van der Waals surface area (Å²) in [5.41, 5.74) is 8.79. The van der Waals surface area contributed by atoms with Crippen molar-refractivity contribution in [3.05, 3.63) is 35.5 Å². The third kappa shape index (κ3) is 4.50. The van der Waals surface area contributed by atoms with E-state index < -0.39 is 12.1 Å². The number of aromatic amines is 1. The molecule has 1 aromatic carbocycles. The zero-order valence-corrected chi connectivity index (χ0v) is 13.4. The van der Waals surface area contributed by atoms with Crippen LogP contribution < -0.4 is 5.73 Å². The lowest BCUT2D eigenvalue weighted by molar-refractivity contribution is -0.192. The van der Waals surface area contributed by atoms with Crippen LogP contribution in [0, 0.1) is 6.92 Å². The van der Waals surface area contributed by atoms with Crippen molar-refractivity contribution in [1.29, 1.82) is 0 Å². The molecule has 2 heterocycles. The molecule has 6 nitrogen and oxygen atoms in total. The van der Waals surface area contributed by atoms with Crippen LogP contribution in [0.3, 0.4) is 0 Å². The number of aryl methyl sites for hydroxylation is 1. The smallest absolute Gasteiger partial charge is 0.475 e. The molecule has 1 fully saturated rings. The van der Waals surface area contributed by atoms with E-state index in [2.05, 4.69) is 11.9 Å². The number of nitrogens with two attached hydrogens (primary N) is 1. The van der Waals surface area contributed by atoms with Gasteiger partial charge in [-0.05, 0) is 31.0 Å². The van der Waals surface area contributed by atoms with Gasteiger partial charge in [-0.2, -0.15) is 13.2 Å². The summed E-state index contributed by atoms with van der Waals surface area (Å²) in [6.07, 6.45) is -2.22. The third-order valence-corrected chi connectivity index (χ3v) is 3.89. The first kappa shape index (κ1) is 18.8. The SMILES string of the molecule is Cc1c[nH]c2cc(C(=O)N3CC[C@H](N)C3)ccc12.O=C(O)C(F)(F)F. The number of nitrogens with zero attached hydrogens (tertiary/aromatic N) is 1. The van der Waals surface area contributed by atoms with E-state index in [1.165, 1.54) is 10.9 Å². The summed E-state index contributed by atoms with van der Waals surface area (Å²) in [5, 5.41) is 8.30. The number of benzene rings is 1. The van der Waals surface area contributed by atoms with Gasteiger partial charge in [0.05, 0.1) is 0 Å². The van der Waals surface area contributed by atoms with Gasteiger partial charge in [-0.3, -0.25) is 4.79 Å². The van der Waals surface area contributed by atoms with Crippen LogP contribution in [-0.2, 0) is 4.79 Å². The van der Waals surface area contributed by atoms with Gasteiger partial charge in [-0.15, -0.1) is 0 Å². The average molecular weight is 357 g/mol. The number of fused-ring (bicyclic) bond motifs is 1. The number of hydrogen-bond acceptors (Lipinski definition) is 3. The van der Waals surface area contributed by atoms with Crippen LogP contribution in [0.25, 0.3) is 10.9 Å². The molecule has 1 atom stereocenters. The summed E-state index contributed by atoms with van der Waals surface area (Å²) < 4.78 is 31.7. The molecule has 1 aliphatic rings. The number of carboxylic acid groups (broad SMARTS) is 1. The lowest BCUT2D eigenvalue weighted by Crippen LogP contribution is -2.31. The van der Waals surface area contributed by atoms with Crippen molar-refractivity contribution in [3.8, 4) is 0 Å². The molecule has 0 aliphatic carbocycles. The zero-order chi connectivity index (χ0) is 18.8. The van der Waals surface area contributed by atoms with E-state index in [0.717, 1.165) is 24.0 Å². The van der Waals surface area contributed by atoms with E-state index >= 15 is 0 Å². The van der Waals surface area contributed by atoms with Crippen LogP contribution in [-0.4, -0.2) is 52.2 Å². The highest BCUT2D eigenvalue weighted by Crippen LogP contribution is 2.20. The largest absolute Gasteiger partial charge is 0.490 e. The maximum Gasteiger partial charge on any atom is 0.490 e. The number of alkyl halides is 3. The van der Waals surface area contributed by atoms with E-state index in [1.807, 2.05) is 29.3 Å². The molecule has 2 aromatic rings. The number of hydrogen-bond donors (Lipinski definition) is 3. The monoisotopic (exact) mass is 357 g/mol. The second-order valence-corrected chi connectivity index (χ2v) is 5.83. The average Bonchev–Trinajstić information content (AvgIpc) is 3.12. The molecule has 1 amide bonds. The van der Waals surface area contributed by atoms with Crippen molar-refractivity contribution >= 4 is 22.8 Å². The summed E-state index contributed by atoms with van der Waals surface area (Å²) in [7, 11) is 0. The minimum atomic E-state index is -5.08. The summed E-state index contributed by atoms with van der Waals surface area (Å²) in [4.78, 5) is 26.2. The molecule has 0 bridgehead atoms. The Bertz CT molecular complexity index is 786. The number of carbonyl (C=O) groups is 2.